The van der Waals surface area contributed by atoms with Gasteiger partial charge in [-0.05, 0) is 12.1 Å². The third kappa shape index (κ3) is 4.66. The number of nitrogens with one attached hydrogen (secondary N) is 1. The van der Waals surface area contributed by atoms with E-state index < -0.39 is 0 Å². The van der Waals surface area contributed by atoms with Crippen molar-refractivity contribution >= 4 is 28.9 Å². The zero-order valence-electron chi connectivity index (χ0n) is 15.9. The van der Waals surface area contributed by atoms with E-state index >= 15 is 0 Å². The number of hydrogen-bond acceptors (Lipinski definition) is 5. The summed E-state index contributed by atoms with van der Waals surface area (Å²) in [5.74, 6) is 0.527. The van der Waals surface area contributed by atoms with Gasteiger partial charge in [-0.15, -0.1) is 0 Å². The second kappa shape index (κ2) is 9.12. The molecule has 1 amide bonds. The number of rotatable bonds is 6. The summed E-state index contributed by atoms with van der Waals surface area (Å²) in [7, 11) is 3.02. The molecule has 28 heavy (non-hydrogen) atoms. The van der Waals surface area contributed by atoms with Crippen molar-refractivity contribution in [1.82, 2.24) is 4.90 Å². The number of carbonyl (C=O) groups excluding carboxylic acids is 1. The van der Waals surface area contributed by atoms with E-state index in [1.807, 2.05) is 15.9 Å². The molecule has 8 heteroatoms. The van der Waals surface area contributed by atoms with Crippen molar-refractivity contribution in [3.8, 4) is 11.5 Å². The Bertz CT molecular complexity index is 841. The van der Waals surface area contributed by atoms with Gasteiger partial charge in [0.2, 0.25) is 5.91 Å². The van der Waals surface area contributed by atoms with Gasteiger partial charge in [0.1, 0.15) is 17.3 Å². The number of ether oxygens (including phenoxy) is 2. The van der Waals surface area contributed by atoms with Gasteiger partial charge >= 0.3 is 0 Å². The van der Waals surface area contributed by atoms with Crippen LogP contribution in [0.2, 0.25) is 5.02 Å². The van der Waals surface area contributed by atoms with Gasteiger partial charge in [-0.2, -0.15) is 0 Å². The number of amides is 1. The third-order valence-corrected chi connectivity index (χ3v) is 4.98. The molecule has 0 spiro atoms. The summed E-state index contributed by atoms with van der Waals surface area (Å²) in [4.78, 5) is 16.5. The van der Waals surface area contributed by atoms with Gasteiger partial charge in [0.05, 0.1) is 37.2 Å². The SMILES string of the molecule is COc1cc(NC(=O)CN2CCN(c3ccccc3F)CC2)c(OC)cc1Cl. The molecule has 0 aliphatic carbocycles. The number of para-hydroxylation sites is 1. The molecule has 0 aromatic heterocycles. The molecule has 1 fully saturated rings. The van der Waals surface area contributed by atoms with Crippen molar-refractivity contribution in [2.75, 3.05) is 57.2 Å². The van der Waals surface area contributed by atoms with Crippen LogP contribution in [0.4, 0.5) is 15.8 Å². The summed E-state index contributed by atoms with van der Waals surface area (Å²) in [5.41, 5.74) is 1.10. The van der Waals surface area contributed by atoms with Crippen molar-refractivity contribution in [2.24, 2.45) is 0 Å². The second-order valence-electron chi connectivity index (χ2n) is 6.45. The smallest absolute Gasteiger partial charge is 0.238 e. The van der Waals surface area contributed by atoms with E-state index in [2.05, 4.69) is 5.32 Å². The van der Waals surface area contributed by atoms with Crippen LogP contribution < -0.4 is 19.7 Å². The standard InChI is InChI=1S/C20H23ClFN3O3/c1-27-18-12-16(19(28-2)11-14(18)21)23-20(26)13-24-7-9-25(10-8-24)17-6-4-3-5-15(17)22/h3-6,11-12H,7-10,13H2,1-2H3,(H,23,26). The maximum absolute atomic E-state index is 13.9. The van der Waals surface area contributed by atoms with Gasteiger partial charge in [-0.25, -0.2) is 4.39 Å². The highest BCUT2D eigenvalue weighted by molar-refractivity contribution is 6.32. The molecule has 0 unspecified atom stereocenters. The molecule has 0 radical (unpaired) electrons. The van der Waals surface area contributed by atoms with Gasteiger partial charge in [-0.3, -0.25) is 9.69 Å². The number of methoxy groups -OCH3 is 2. The Morgan fingerprint density at radius 3 is 2.43 bits per heavy atom. The topological polar surface area (TPSA) is 54.0 Å². The van der Waals surface area contributed by atoms with Crippen molar-refractivity contribution in [1.29, 1.82) is 0 Å². The minimum atomic E-state index is -0.225. The summed E-state index contributed by atoms with van der Waals surface area (Å²) in [6, 6.07) is 9.98. The Labute approximate surface area is 168 Å². The molecule has 6 nitrogen and oxygen atoms in total. The molecule has 2 aromatic carbocycles. The Balaban J connectivity index is 1.57. The highest BCUT2D eigenvalue weighted by Crippen LogP contribution is 2.35. The van der Waals surface area contributed by atoms with Crippen LogP contribution in [-0.4, -0.2) is 57.8 Å². The molecular formula is C20H23ClFN3O3. The van der Waals surface area contributed by atoms with Gasteiger partial charge in [0.25, 0.3) is 0 Å². The van der Waals surface area contributed by atoms with Crippen LogP contribution in [0.3, 0.4) is 0 Å². The van der Waals surface area contributed by atoms with E-state index in [-0.39, 0.29) is 18.3 Å². The third-order valence-electron chi connectivity index (χ3n) is 4.68. The lowest BCUT2D eigenvalue weighted by Crippen LogP contribution is -2.48. The average molecular weight is 408 g/mol. The minimum absolute atomic E-state index is 0.165. The number of nitrogens with zero attached hydrogens (tertiary/aromatic N) is 2. The molecular weight excluding hydrogens is 385 g/mol. The first-order chi connectivity index (χ1) is 13.5. The highest BCUT2D eigenvalue weighted by Gasteiger charge is 2.21. The first-order valence-corrected chi connectivity index (χ1v) is 9.33. The van der Waals surface area contributed by atoms with Crippen LogP contribution in [0.5, 0.6) is 11.5 Å². The van der Waals surface area contributed by atoms with Crippen molar-refractivity contribution in [2.45, 2.75) is 0 Å². The first kappa shape index (κ1) is 20.2. The molecule has 1 saturated heterocycles. The number of carbonyl (C=O) groups is 1. The zero-order chi connectivity index (χ0) is 20.1. The molecule has 1 N–H and O–H groups in total. The van der Waals surface area contributed by atoms with Crippen LogP contribution in [-0.2, 0) is 4.79 Å². The van der Waals surface area contributed by atoms with E-state index in [0.29, 0.717) is 54.1 Å². The quantitative estimate of drug-likeness (QED) is 0.796. The van der Waals surface area contributed by atoms with Crippen LogP contribution in [0.25, 0.3) is 0 Å². The molecule has 2 aromatic rings. The largest absolute Gasteiger partial charge is 0.495 e. The first-order valence-electron chi connectivity index (χ1n) is 8.95. The van der Waals surface area contributed by atoms with Crippen LogP contribution >= 0.6 is 11.6 Å². The van der Waals surface area contributed by atoms with Gasteiger partial charge in [-0.1, -0.05) is 23.7 Å². The monoisotopic (exact) mass is 407 g/mol. The van der Waals surface area contributed by atoms with Crippen LogP contribution in [0, 0.1) is 5.82 Å². The summed E-state index contributed by atoms with van der Waals surface area (Å²) >= 11 is 6.09. The number of anilines is 2. The van der Waals surface area contributed by atoms with Crippen LogP contribution in [0.15, 0.2) is 36.4 Å². The Morgan fingerprint density at radius 2 is 1.79 bits per heavy atom. The molecule has 0 bridgehead atoms. The fraction of sp³-hybridized carbons (Fsp3) is 0.350. The van der Waals surface area contributed by atoms with Crippen molar-refractivity contribution in [3.63, 3.8) is 0 Å². The summed E-state index contributed by atoms with van der Waals surface area (Å²) in [6.07, 6.45) is 0. The summed E-state index contributed by atoms with van der Waals surface area (Å²) < 4.78 is 24.4. The molecule has 150 valence electrons. The zero-order valence-corrected chi connectivity index (χ0v) is 16.6. The number of benzene rings is 2. The van der Waals surface area contributed by atoms with E-state index in [4.69, 9.17) is 21.1 Å². The minimum Gasteiger partial charge on any atom is -0.495 e. The molecule has 0 atom stereocenters. The number of hydrogen-bond donors (Lipinski definition) is 1. The highest BCUT2D eigenvalue weighted by atomic mass is 35.5. The average Bonchev–Trinajstić information content (AvgIpc) is 2.70. The molecule has 1 aliphatic rings. The predicted molar refractivity (Wildman–Crippen MR) is 108 cm³/mol. The Kier molecular flexibility index (Phi) is 6.59. The van der Waals surface area contributed by atoms with Gasteiger partial charge in [0.15, 0.2) is 0 Å². The number of piperazine rings is 1. The van der Waals surface area contributed by atoms with Crippen LogP contribution in [0.1, 0.15) is 0 Å². The molecule has 1 aliphatic heterocycles. The lowest BCUT2D eigenvalue weighted by Gasteiger charge is -2.35. The number of halogens is 2. The van der Waals surface area contributed by atoms with E-state index in [0.717, 1.165) is 0 Å². The van der Waals surface area contributed by atoms with Gasteiger partial charge < -0.3 is 19.7 Å². The van der Waals surface area contributed by atoms with Gasteiger partial charge in [0, 0.05) is 38.3 Å². The fourth-order valence-electron chi connectivity index (χ4n) is 3.21. The van der Waals surface area contributed by atoms with Crippen molar-refractivity contribution in [3.05, 3.63) is 47.2 Å². The maximum atomic E-state index is 13.9. The van der Waals surface area contributed by atoms with E-state index in [1.54, 1.807) is 24.3 Å². The Morgan fingerprint density at radius 1 is 1.11 bits per heavy atom. The van der Waals surface area contributed by atoms with E-state index in [9.17, 15) is 9.18 Å². The second-order valence-corrected chi connectivity index (χ2v) is 6.86. The molecule has 0 saturated carbocycles. The molecule has 1 heterocycles. The molecule has 3 rings (SSSR count). The summed E-state index contributed by atoms with van der Waals surface area (Å²) in [6.45, 7) is 2.89. The Hall–Kier alpha value is -2.51. The lowest BCUT2D eigenvalue weighted by atomic mass is 10.2. The lowest BCUT2D eigenvalue weighted by molar-refractivity contribution is -0.117. The summed E-state index contributed by atoms with van der Waals surface area (Å²) in [5, 5.41) is 3.25. The van der Waals surface area contributed by atoms with E-state index in [1.165, 1.54) is 20.3 Å². The normalized spacial score (nSPS) is 14.6. The fourth-order valence-corrected chi connectivity index (χ4v) is 3.44. The van der Waals surface area contributed by atoms with Crippen molar-refractivity contribution < 1.29 is 18.7 Å². The maximum Gasteiger partial charge on any atom is 0.238 e. The predicted octanol–water partition coefficient (Wildman–Crippen LogP) is 3.26.